The molecule has 0 aromatic heterocycles. The molecule has 2 aromatic carbocycles. The van der Waals surface area contributed by atoms with Gasteiger partial charge in [0.1, 0.15) is 11.6 Å². The Hall–Kier alpha value is -2.35. The Morgan fingerprint density at radius 2 is 1.21 bits per heavy atom. The van der Waals surface area contributed by atoms with E-state index in [4.69, 9.17) is 0 Å². The van der Waals surface area contributed by atoms with Gasteiger partial charge in [0.2, 0.25) is 0 Å². The van der Waals surface area contributed by atoms with E-state index in [1.54, 1.807) is 0 Å². The quantitative estimate of drug-likeness (QED) is 0.236. The molecule has 182 valence electrons. The van der Waals surface area contributed by atoms with Crippen LogP contribution in [0.5, 0.6) is 0 Å². The summed E-state index contributed by atoms with van der Waals surface area (Å²) in [5, 5.41) is 0. The lowest BCUT2D eigenvalue weighted by Crippen LogP contribution is -2.25. The molecule has 0 N–H and O–H groups in total. The molecule has 0 saturated heterocycles. The van der Waals surface area contributed by atoms with Crippen LogP contribution >= 0.6 is 0 Å². The van der Waals surface area contributed by atoms with Crippen LogP contribution < -0.4 is 0 Å². The minimum absolute atomic E-state index is 0.124. The summed E-state index contributed by atoms with van der Waals surface area (Å²) < 4.78 is 69.2. The first kappa shape index (κ1) is 24.8. The average Bonchev–Trinajstić information content (AvgIpc) is 2.82. The standard InChI is InChI=1S/C29H31F5/c1-2-3-18-4-7-20(8-5-18)21-9-11-22(12-10-21)23-16-25(30)24(26(31)17-23)13-6-19-14-27(32)29(34)28(33)15-19/h14-18,20-22H,2-5,7-12H2,1H3. The van der Waals surface area contributed by atoms with E-state index in [1.807, 2.05) is 0 Å². The van der Waals surface area contributed by atoms with Crippen molar-refractivity contribution in [2.24, 2.45) is 17.8 Å². The Morgan fingerprint density at radius 3 is 1.74 bits per heavy atom. The summed E-state index contributed by atoms with van der Waals surface area (Å²) in [6, 6.07) is 4.06. The van der Waals surface area contributed by atoms with E-state index in [-0.39, 0.29) is 11.5 Å². The highest BCUT2D eigenvalue weighted by atomic mass is 19.2. The molecule has 2 aliphatic rings. The molecule has 0 radical (unpaired) electrons. The second-order valence-corrected chi connectivity index (χ2v) is 10.0. The average molecular weight is 475 g/mol. The van der Waals surface area contributed by atoms with E-state index in [0.29, 0.717) is 17.7 Å². The predicted molar refractivity (Wildman–Crippen MR) is 124 cm³/mol. The smallest absolute Gasteiger partial charge is 0.194 e. The lowest BCUT2D eigenvalue weighted by molar-refractivity contribution is 0.156. The van der Waals surface area contributed by atoms with Crippen LogP contribution in [0.25, 0.3) is 0 Å². The molecule has 2 fully saturated rings. The Balaban J connectivity index is 1.40. The summed E-state index contributed by atoms with van der Waals surface area (Å²) in [4.78, 5) is 0. The van der Waals surface area contributed by atoms with Crippen LogP contribution in [-0.4, -0.2) is 0 Å². The van der Waals surface area contributed by atoms with Crippen molar-refractivity contribution in [1.82, 2.24) is 0 Å². The van der Waals surface area contributed by atoms with Gasteiger partial charge in [-0.25, -0.2) is 22.0 Å². The van der Waals surface area contributed by atoms with E-state index in [1.165, 1.54) is 50.7 Å². The third kappa shape index (κ3) is 5.65. The summed E-state index contributed by atoms with van der Waals surface area (Å²) in [5.41, 5.74) is -0.00253. The van der Waals surface area contributed by atoms with Crippen molar-refractivity contribution in [2.45, 2.75) is 77.0 Å². The van der Waals surface area contributed by atoms with Gasteiger partial charge in [0, 0.05) is 5.56 Å². The second-order valence-electron chi connectivity index (χ2n) is 10.0. The number of hydrogen-bond donors (Lipinski definition) is 0. The molecule has 2 saturated carbocycles. The highest BCUT2D eigenvalue weighted by molar-refractivity contribution is 5.45. The molecule has 2 aliphatic carbocycles. The van der Waals surface area contributed by atoms with Crippen molar-refractivity contribution < 1.29 is 22.0 Å². The Bertz CT molecular complexity index is 1020. The fraction of sp³-hybridized carbons (Fsp3) is 0.517. The van der Waals surface area contributed by atoms with Gasteiger partial charge in [-0.3, -0.25) is 0 Å². The lowest BCUT2D eigenvalue weighted by atomic mass is 9.68. The second kappa shape index (κ2) is 10.9. The fourth-order valence-electron chi connectivity index (χ4n) is 5.99. The SMILES string of the molecule is CCCC1CCC(C2CCC(c3cc(F)c(C#Cc4cc(F)c(F)c(F)c4)c(F)c3)CC2)CC1. The first-order valence-corrected chi connectivity index (χ1v) is 12.5. The van der Waals surface area contributed by atoms with Crippen LogP contribution in [0.1, 0.15) is 93.7 Å². The van der Waals surface area contributed by atoms with Crippen LogP contribution in [0.4, 0.5) is 22.0 Å². The lowest BCUT2D eigenvalue weighted by Gasteiger charge is -2.38. The highest BCUT2D eigenvalue weighted by Crippen LogP contribution is 2.44. The molecule has 2 aromatic rings. The fourth-order valence-corrected chi connectivity index (χ4v) is 5.99. The van der Waals surface area contributed by atoms with Crippen LogP contribution in [-0.2, 0) is 0 Å². The highest BCUT2D eigenvalue weighted by Gasteiger charge is 2.31. The maximum absolute atomic E-state index is 14.7. The molecule has 0 aliphatic heterocycles. The number of benzene rings is 2. The zero-order chi connectivity index (χ0) is 24.2. The summed E-state index contributed by atoms with van der Waals surface area (Å²) in [5.74, 6) is 1.18. The third-order valence-electron chi connectivity index (χ3n) is 7.88. The van der Waals surface area contributed by atoms with E-state index in [9.17, 15) is 22.0 Å². The topological polar surface area (TPSA) is 0 Å². The Labute approximate surface area is 199 Å². The monoisotopic (exact) mass is 474 g/mol. The number of hydrogen-bond acceptors (Lipinski definition) is 0. The molecule has 0 heterocycles. The van der Waals surface area contributed by atoms with Gasteiger partial charge in [0.25, 0.3) is 0 Å². The van der Waals surface area contributed by atoms with Gasteiger partial charge < -0.3 is 0 Å². The molecule has 0 spiro atoms. The van der Waals surface area contributed by atoms with Crippen LogP contribution in [0.3, 0.4) is 0 Å². The van der Waals surface area contributed by atoms with Crippen molar-refractivity contribution >= 4 is 0 Å². The van der Waals surface area contributed by atoms with E-state index < -0.39 is 34.6 Å². The van der Waals surface area contributed by atoms with Gasteiger partial charge in [0.15, 0.2) is 17.5 Å². The molecule has 34 heavy (non-hydrogen) atoms. The van der Waals surface area contributed by atoms with Gasteiger partial charge in [-0.2, -0.15) is 0 Å². The van der Waals surface area contributed by atoms with Crippen LogP contribution in [0.15, 0.2) is 24.3 Å². The predicted octanol–water partition coefficient (Wildman–Crippen LogP) is 8.66. The van der Waals surface area contributed by atoms with E-state index in [0.717, 1.165) is 43.4 Å². The summed E-state index contributed by atoms with van der Waals surface area (Å²) in [6.45, 7) is 2.26. The van der Waals surface area contributed by atoms with Crippen LogP contribution in [0, 0.1) is 58.7 Å². The molecular formula is C29H31F5. The normalized spacial score (nSPS) is 25.0. The van der Waals surface area contributed by atoms with Gasteiger partial charge in [-0.15, -0.1) is 0 Å². The number of rotatable bonds is 4. The maximum Gasteiger partial charge on any atom is 0.194 e. The van der Waals surface area contributed by atoms with Crippen molar-refractivity contribution in [3.05, 3.63) is 70.0 Å². The summed E-state index contributed by atoms with van der Waals surface area (Å²) >= 11 is 0. The molecule has 0 unspecified atom stereocenters. The van der Waals surface area contributed by atoms with E-state index >= 15 is 0 Å². The van der Waals surface area contributed by atoms with Crippen molar-refractivity contribution in [2.75, 3.05) is 0 Å². The zero-order valence-electron chi connectivity index (χ0n) is 19.6. The molecule has 4 rings (SSSR count). The Kier molecular flexibility index (Phi) is 7.96. The summed E-state index contributed by atoms with van der Waals surface area (Å²) in [6.07, 6.45) is 12.0. The third-order valence-corrected chi connectivity index (χ3v) is 7.88. The molecule has 0 nitrogen and oxygen atoms in total. The summed E-state index contributed by atoms with van der Waals surface area (Å²) in [7, 11) is 0. The minimum atomic E-state index is -1.61. The van der Waals surface area contributed by atoms with Crippen molar-refractivity contribution in [3.63, 3.8) is 0 Å². The first-order chi connectivity index (χ1) is 16.4. The minimum Gasteiger partial charge on any atom is -0.206 e. The van der Waals surface area contributed by atoms with Gasteiger partial charge in [-0.05, 0) is 92.0 Å². The van der Waals surface area contributed by atoms with Crippen molar-refractivity contribution in [1.29, 1.82) is 0 Å². The van der Waals surface area contributed by atoms with Gasteiger partial charge in [0.05, 0.1) is 5.56 Å². The molecule has 0 bridgehead atoms. The molecule has 0 atom stereocenters. The molecule has 5 heteroatoms. The number of halogens is 5. The maximum atomic E-state index is 14.7. The van der Waals surface area contributed by atoms with Gasteiger partial charge >= 0.3 is 0 Å². The molecular weight excluding hydrogens is 443 g/mol. The largest absolute Gasteiger partial charge is 0.206 e. The first-order valence-electron chi connectivity index (χ1n) is 12.5. The Morgan fingerprint density at radius 1 is 0.676 bits per heavy atom. The zero-order valence-corrected chi connectivity index (χ0v) is 19.6. The molecule has 0 amide bonds. The van der Waals surface area contributed by atoms with Gasteiger partial charge in [-0.1, -0.05) is 44.4 Å². The van der Waals surface area contributed by atoms with E-state index in [2.05, 4.69) is 18.8 Å². The van der Waals surface area contributed by atoms with Crippen molar-refractivity contribution in [3.8, 4) is 11.8 Å². The van der Waals surface area contributed by atoms with Crippen LogP contribution in [0.2, 0.25) is 0 Å².